The Morgan fingerprint density at radius 1 is 1.00 bits per heavy atom. The van der Waals surface area contributed by atoms with Crippen LogP contribution in [0.15, 0.2) is 29.6 Å². The highest BCUT2D eigenvalue weighted by atomic mass is 32.1. The van der Waals surface area contributed by atoms with Crippen LogP contribution in [0.1, 0.15) is 87.7 Å². The van der Waals surface area contributed by atoms with E-state index in [1.807, 2.05) is 40.0 Å². The normalized spacial score (nSPS) is 9.69. The van der Waals surface area contributed by atoms with Crippen molar-refractivity contribution in [2.24, 2.45) is 0 Å². The maximum absolute atomic E-state index is 13.2. The number of amides is 2. The molecule has 6 nitrogen and oxygen atoms in total. The maximum atomic E-state index is 13.2. The van der Waals surface area contributed by atoms with E-state index in [9.17, 15) is 23.2 Å². The molecule has 2 amide bonds. The molecule has 1 aromatic carbocycles. The number of nitrogens with one attached hydrogen (secondary N) is 2. The molecule has 0 saturated heterocycles. The number of benzene rings is 1. The SMILES string of the molecule is CC.CC.CCC(=O)NCc1ccccc1C(C)(F)F.CCC(=O)Nc1c(C)csc1C(=O)OC. The average Bonchev–Trinajstić information content (AvgIpc) is 3.24. The Labute approximate surface area is 212 Å². The first-order valence-corrected chi connectivity index (χ1v) is 12.6. The van der Waals surface area contributed by atoms with Crippen LogP contribution in [0.4, 0.5) is 14.5 Å². The zero-order valence-corrected chi connectivity index (χ0v) is 23.1. The Bertz CT molecular complexity index is 909. The van der Waals surface area contributed by atoms with Crippen LogP contribution in [0.3, 0.4) is 0 Å². The van der Waals surface area contributed by atoms with Crippen molar-refractivity contribution in [3.05, 3.63) is 51.2 Å². The summed E-state index contributed by atoms with van der Waals surface area (Å²) < 4.78 is 31.0. The Morgan fingerprint density at radius 3 is 2.03 bits per heavy atom. The number of methoxy groups -OCH3 is 1. The van der Waals surface area contributed by atoms with Gasteiger partial charge in [0.15, 0.2) is 0 Å². The number of carbonyl (C=O) groups is 3. The van der Waals surface area contributed by atoms with Crippen molar-refractivity contribution in [2.75, 3.05) is 12.4 Å². The highest BCUT2D eigenvalue weighted by Crippen LogP contribution is 2.30. The third-order valence-corrected chi connectivity index (χ3v) is 5.30. The summed E-state index contributed by atoms with van der Waals surface area (Å²) in [5.41, 5.74) is 1.86. The molecule has 0 unspecified atom stereocenters. The van der Waals surface area contributed by atoms with Crippen LogP contribution in [0.25, 0.3) is 0 Å². The van der Waals surface area contributed by atoms with E-state index >= 15 is 0 Å². The lowest BCUT2D eigenvalue weighted by Gasteiger charge is -2.15. The number of hydrogen-bond acceptors (Lipinski definition) is 5. The Kier molecular flexibility index (Phi) is 18.2. The predicted octanol–water partition coefficient (Wildman–Crippen LogP) is 7.07. The van der Waals surface area contributed by atoms with Crippen molar-refractivity contribution in [3.8, 4) is 0 Å². The summed E-state index contributed by atoms with van der Waals surface area (Å²) in [7, 11) is 1.32. The second-order valence-corrected chi connectivity index (χ2v) is 7.57. The second-order valence-electron chi connectivity index (χ2n) is 6.69. The van der Waals surface area contributed by atoms with Crippen molar-refractivity contribution < 1.29 is 27.9 Å². The first-order valence-electron chi connectivity index (χ1n) is 11.7. The number of anilines is 1. The van der Waals surface area contributed by atoms with Gasteiger partial charge in [0.25, 0.3) is 5.92 Å². The third-order valence-electron chi connectivity index (χ3n) is 4.22. The third kappa shape index (κ3) is 12.5. The summed E-state index contributed by atoms with van der Waals surface area (Å²) in [6, 6.07) is 6.23. The molecule has 0 atom stereocenters. The molecule has 2 N–H and O–H groups in total. The largest absolute Gasteiger partial charge is 0.465 e. The van der Waals surface area contributed by atoms with Crippen LogP contribution in [-0.2, 0) is 26.8 Å². The molecule has 0 aliphatic heterocycles. The smallest absolute Gasteiger partial charge is 0.350 e. The molecular formula is C26H40F2N2O4S. The molecule has 0 bridgehead atoms. The average molecular weight is 515 g/mol. The molecule has 2 rings (SSSR count). The Balaban J connectivity index is 0. The van der Waals surface area contributed by atoms with Crippen LogP contribution < -0.4 is 10.6 Å². The van der Waals surface area contributed by atoms with E-state index in [1.54, 1.807) is 32.0 Å². The summed E-state index contributed by atoms with van der Waals surface area (Å²) in [5, 5.41) is 7.10. The van der Waals surface area contributed by atoms with E-state index < -0.39 is 11.9 Å². The lowest BCUT2D eigenvalue weighted by molar-refractivity contribution is -0.121. The standard InChI is InChI=1S/C12H15F2NO.C10H13NO3S.2C2H6/c1-3-11(16)15-8-9-6-4-5-7-10(9)12(2,13)14;1-4-7(12)11-8-6(2)5-15-9(8)10(13)14-3;2*1-2/h4-7H,3,8H2,1-2H3,(H,15,16);5H,4H2,1-3H3,(H,11,12);2*1-2H3. The summed E-state index contributed by atoms with van der Waals surface area (Å²) in [4.78, 5) is 34.1. The number of carbonyl (C=O) groups excluding carboxylic acids is 3. The van der Waals surface area contributed by atoms with Gasteiger partial charge in [0.1, 0.15) is 4.88 Å². The van der Waals surface area contributed by atoms with Gasteiger partial charge in [-0.15, -0.1) is 11.3 Å². The van der Waals surface area contributed by atoms with E-state index in [2.05, 4.69) is 15.4 Å². The highest BCUT2D eigenvalue weighted by Gasteiger charge is 2.26. The molecular weight excluding hydrogens is 474 g/mol. The molecule has 0 saturated carbocycles. The molecule has 1 heterocycles. The predicted molar refractivity (Wildman–Crippen MR) is 140 cm³/mol. The highest BCUT2D eigenvalue weighted by molar-refractivity contribution is 7.12. The minimum Gasteiger partial charge on any atom is -0.465 e. The summed E-state index contributed by atoms with van der Waals surface area (Å²) >= 11 is 1.27. The van der Waals surface area contributed by atoms with Crippen molar-refractivity contribution in [2.45, 2.75) is 80.7 Å². The number of hydrogen-bond donors (Lipinski definition) is 2. The topological polar surface area (TPSA) is 84.5 Å². The quantitative estimate of drug-likeness (QED) is 0.387. The fourth-order valence-electron chi connectivity index (χ4n) is 2.49. The van der Waals surface area contributed by atoms with Gasteiger partial charge < -0.3 is 15.4 Å². The summed E-state index contributed by atoms with van der Waals surface area (Å²) in [5.74, 6) is -3.55. The minimum atomic E-state index is -2.88. The van der Waals surface area contributed by atoms with Gasteiger partial charge in [-0.25, -0.2) is 13.6 Å². The van der Waals surface area contributed by atoms with Crippen molar-refractivity contribution >= 4 is 34.8 Å². The molecule has 0 spiro atoms. The number of thiophene rings is 1. The molecule has 0 aliphatic rings. The Hall–Kier alpha value is -2.81. The number of esters is 1. The minimum absolute atomic E-state index is 0.0357. The van der Waals surface area contributed by atoms with Crippen LogP contribution in [-0.4, -0.2) is 24.9 Å². The van der Waals surface area contributed by atoms with E-state index in [0.717, 1.165) is 12.5 Å². The van der Waals surface area contributed by atoms with E-state index in [0.29, 0.717) is 29.0 Å². The van der Waals surface area contributed by atoms with E-state index in [-0.39, 0.29) is 23.9 Å². The van der Waals surface area contributed by atoms with Crippen LogP contribution >= 0.6 is 11.3 Å². The second kappa shape index (κ2) is 18.5. The van der Waals surface area contributed by atoms with Gasteiger partial charge in [-0.1, -0.05) is 65.8 Å². The number of halogens is 2. The monoisotopic (exact) mass is 514 g/mol. The van der Waals surface area contributed by atoms with Gasteiger partial charge in [-0.2, -0.15) is 0 Å². The lowest BCUT2D eigenvalue weighted by Crippen LogP contribution is -2.23. The van der Waals surface area contributed by atoms with Crippen LogP contribution in [0.5, 0.6) is 0 Å². The van der Waals surface area contributed by atoms with Gasteiger partial charge in [0.05, 0.1) is 12.8 Å². The van der Waals surface area contributed by atoms with E-state index in [4.69, 9.17) is 0 Å². The first kappa shape index (κ1) is 34.4. The van der Waals surface area contributed by atoms with Crippen LogP contribution in [0.2, 0.25) is 0 Å². The molecule has 198 valence electrons. The number of aryl methyl sites for hydroxylation is 1. The van der Waals surface area contributed by atoms with Gasteiger partial charge in [-0.05, 0) is 23.4 Å². The van der Waals surface area contributed by atoms with Crippen molar-refractivity contribution in [1.29, 1.82) is 0 Å². The summed E-state index contributed by atoms with van der Waals surface area (Å²) in [6.07, 6.45) is 0.737. The molecule has 1 aromatic heterocycles. The van der Waals surface area contributed by atoms with Crippen molar-refractivity contribution in [1.82, 2.24) is 5.32 Å². The molecule has 0 fully saturated rings. The number of alkyl halides is 2. The summed E-state index contributed by atoms with van der Waals surface area (Å²) in [6.45, 7) is 14.3. The van der Waals surface area contributed by atoms with Crippen molar-refractivity contribution in [3.63, 3.8) is 0 Å². The Morgan fingerprint density at radius 2 is 1.54 bits per heavy atom. The molecule has 0 radical (unpaired) electrons. The number of ether oxygens (including phenoxy) is 1. The van der Waals surface area contributed by atoms with Crippen LogP contribution in [0, 0.1) is 6.92 Å². The maximum Gasteiger partial charge on any atom is 0.350 e. The van der Waals surface area contributed by atoms with Gasteiger partial charge in [0.2, 0.25) is 11.8 Å². The zero-order chi connectivity index (χ0) is 27.6. The number of rotatable bonds is 7. The fourth-order valence-corrected chi connectivity index (χ4v) is 3.41. The van der Waals surface area contributed by atoms with Gasteiger partial charge in [-0.3, -0.25) is 9.59 Å². The lowest BCUT2D eigenvalue weighted by atomic mass is 10.0. The molecule has 9 heteroatoms. The molecule has 0 aliphatic carbocycles. The molecule has 2 aromatic rings. The van der Waals surface area contributed by atoms with E-state index in [1.165, 1.54) is 24.5 Å². The van der Waals surface area contributed by atoms with Gasteiger partial charge >= 0.3 is 5.97 Å². The molecule has 35 heavy (non-hydrogen) atoms. The van der Waals surface area contributed by atoms with Gasteiger partial charge in [0, 0.05) is 31.9 Å². The first-order chi connectivity index (χ1) is 16.5. The fraction of sp³-hybridized carbons (Fsp3) is 0.500. The zero-order valence-electron chi connectivity index (χ0n) is 22.3.